The minimum atomic E-state index is -1.38. The molecular weight excluding hydrogens is 412 g/mol. The molecular formula is C21H19ClN2O6. The zero-order valence-corrected chi connectivity index (χ0v) is 17.4. The van der Waals surface area contributed by atoms with Gasteiger partial charge in [-0.05, 0) is 36.4 Å². The van der Waals surface area contributed by atoms with Gasteiger partial charge in [-0.2, -0.15) is 0 Å². The maximum absolute atomic E-state index is 13.2. The molecule has 1 saturated heterocycles. The van der Waals surface area contributed by atoms with E-state index in [0.29, 0.717) is 39.2 Å². The molecule has 1 atom stereocenters. The van der Waals surface area contributed by atoms with Gasteiger partial charge < -0.3 is 19.0 Å². The highest BCUT2D eigenvalue weighted by atomic mass is 35.5. The van der Waals surface area contributed by atoms with Crippen LogP contribution in [-0.2, 0) is 14.4 Å². The average molecular weight is 431 g/mol. The van der Waals surface area contributed by atoms with Crippen molar-refractivity contribution in [2.24, 2.45) is 5.16 Å². The van der Waals surface area contributed by atoms with Crippen LogP contribution in [0.15, 0.2) is 41.6 Å². The Morgan fingerprint density at radius 2 is 1.67 bits per heavy atom. The highest BCUT2D eigenvalue weighted by molar-refractivity contribution is 6.31. The molecule has 4 rings (SSSR count). The van der Waals surface area contributed by atoms with Gasteiger partial charge in [0.05, 0.1) is 39.1 Å². The maximum Gasteiger partial charge on any atom is 0.281 e. The van der Waals surface area contributed by atoms with Crippen LogP contribution >= 0.6 is 11.6 Å². The number of carbonyl (C=O) groups is 2. The van der Waals surface area contributed by atoms with Crippen LogP contribution < -0.4 is 19.1 Å². The molecule has 9 heteroatoms. The summed E-state index contributed by atoms with van der Waals surface area (Å²) < 4.78 is 16.2. The molecule has 2 aliphatic rings. The number of benzene rings is 2. The van der Waals surface area contributed by atoms with Crippen LogP contribution in [-0.4, -0.2) is 44.5 Å². The normalized spacial score (nSPS) is 20.4. The number of ether oxygens (including phenoxy) is 3. The number of nitrogens with zero attached hydrogens (tertiary/aromatic N) is 2. The standard InChI is InChI=1S/C21H19ClN2O6/c1-27-16-9-8-14(18(28-2)19(16)29-3)15-10-21(30-23-15)11-17(25)24(20(21)26)13-6-4-12(22)5-7-13/h4-9H,10-11H2,1-3H3. The first kappa shape index (κ1) is 20.0. The fourth-order valence-corrected chi connectivity index (χ4v) is 3.85. The largest absolute Gasteiger partial charge is 0.493 e. The van der Waals surface area contributed by atoms with E-state index in [1.54, 1.807) is 36.4 Å². The van der Waals surface area contributed by atoms with Crippen LogP contribution in [0.3, 0.4) is 0 Å². The van der Waals surface area contributed by atoms with E-state index in [4.69, 9.17) is 30.6 Å². The SMILES string of the molecule is COc1ccc(C2=NOC3(CC(=O)N(c4ccc(Cl)cc4)C3=O)C2)c(OC)c1OC. The van der Waals surface area contributed by atoms with Gasteiger partial charge in [-0.25, -0.2) is 4.90 Å². The number of hydrogen-bond acceptors (Lipinski definition) is 7. The van der Waals surface area contributed by atoms with Crippen LogP contribution in [0.4, 0.5) is 5.69 Å². The van der Waals surface area contributed by atoms with Crippen molar-refractivity contribution in [1.29, 1.82) is 0 Å². The molecule has 8 nitrogen and oxygen atoms in total. The molecule has 0 aromatic heterocycles. The van der Waals surface area contributed by atoms with Crippen LogP contribution in [0.5, 0.6) is 17.2 Å². The summed E-state index contributed by atoms with van der Waals surface area (Å²) in [7, 11) is 4.53. The van der Waals surface area contributed by atoms with E-state index in [-0.39, 0.29) is 18.7 Å². The summed E-state index contributed by atoms with van der Waals surface area (Å²) in [6.07, 6.45) is 0.00453. The molecule has 1 spiro atoms. The van der Waals surface area contributed by atoms with Gasteiger partial charge in [0.15, 0.2) is 11.5 Å². The van der Waals surface area contributed by atoms with Crippen molar-refractivity contribution in [3.8, 4) is 17.2 Å². The molecule has 2 heterocycles. The Labute approximate surface area is 177 Å². The van der Waals surface area contributed by atoms with Gasteiger partial charge >= 0.3 is 0 Å². The molecule has 0 radical (unpaired) electrons. The lowest BCUT2D eigenvalue weighted by atomic mass is 9.92. The third kappa shape index (κ3) is 3.04. The van der Waals surface area contributed by atoms with E-state index in [9.17, 15) is 9.59 Å². The van der Waals surface area contributed by atoms with Gasteiger partial charge in [0, 0.05) is 17.0 Å². The monoisotopic (exact) mass is 430 g/mol. The number of halogens is 1. The molecule has 2 aromatic rings. The zero-order valence-electron chi connectivity index (χ0n) is 16.6. The second kappa shape index (κ2) is 7.53. The first-order chi connectivity index (χ1) is 14.4. The van der Waals surface area contributed by atoms with Crippen LogP contribution in [0, 0.1) is 0 Å². The van der Waals surface area contributed by atoms with Crippen molar-refractivity contribution in [1.82, 2.24) is 0 Å². The number of oxime groups is 1. The summed E-state index contributed by atoms with van der Waals surface area (Å²) in [6, 6.07) is 9.94. The molecule has 2 aliphatic heterocycles. The molecule has 2 amide bonds. The van der Waals surface area contributed by atoms with Gasteiger partial charge in [0.25, 0.3) is 5.91 Å². The van der Waals surface area contributed by atoms with Gasteiger partial charge in [0.1, 0.15) is 0 Å². The van der Waals surface area contributed by atoms with Crippen molar-refractivity contribution in [2.75, 3.05) is 26.2 Å². The Morgan fingerprint density at radius 3 is 2.30 bits per heavy atom. The molecule has 0 N–H and O–H groups in total. The summed E-state index contributed by atoms with van der Waals surface area (Å²) in [4.78, 5) is 32.5. The second-order valence-corrected chi connectivity index (χ2v) is 7.31. The maximum atomic E-state index is 13.2. The molecule has 0 saturated carbocycles. The van der Waals surface area contributed by atoms with Crippen molar-refractivity contribution in [3.63, 3.8) is 0 Å². The number of methoxy groups -OCH3 is 3. The summed E-state index contributed by atoms with van der Waals surface area (Å²) in [5.41, 5.74) is 0.126. The van der Waals surface area contributed by atoms with Gasteiger partial charge in [-0.3, -0.25) is 9.59 Å². The molecule has 1 unspecified atom stereocenters. The number of hydrogen-bond donors (Lipinski definition) is 0. The molecule has 2 aromatic carbocycles. The van der Waals surface area contributed by atoms with Gasteiger partial charge in [-0.1, -0.05) is 16.8 Å². The lowest BCUT2D eigenvalue weighted by molar-refractivity contribution is -0.136. The summed E-state index contributed by atoms with van der Waals surface area (Å²) in [5.74, 6) is 0.472. The first-order valence-corrected chi connectivity index (χ1v) is 9.49. The Kier molecular flexibility index (Phi) is 5.03. The minimum Gasteiger partial charge on any atom is -0.493 e. The summed E-state index contributed by atoms with van der Waals surface area (Å²) >= 11 is 5.91. The predicted octanol–water partition coefficient (Wildman–Crippen LogP) is 3.19. The predicted molar refractivity (Wildman–Crippen MR) is 110 cm³/mol. The average Bonchev–Trinajstić information content (AvgIpc) is 3.28. The lowest BCUT2D eigenvalue weighted by Gasteiger charge is -2.20. The van der Waals surface area contributed by atoms with E-state index in [0.717, 1.165) is 4.90 Å². The third-order valence-electron chi connectivity index (χ3n) is 5.16. The number of amides is 2. The van der Waals surface area contributed by atoms with Crippen molar-refractivity contribution >= 4 is 34.8 Å². The fourth-order valence-electron chi connectivity index (χ4n) is 3.73. The highest BCUT2D eigenvalue weighted by Gasteiger charge is 2.58. The lowest BCUT2D eigenvalue weighted by Crippen LogP contribution is -2.40. The second-order valence-electron chi connectivity index (χ2n) is 6.87. The van der Waals surface area contributed by atoms with Gasteiger partial charge in [-0.15, -0.1) is 0 Å². The van der Waals surface area contributed by atoms with Crippen LogP contribution in [0.25, 0.3) is 0 Å². The van der Waals surface area contributed by atoms with Gasteiger partial charge in [0.2, 0.25) is 17.3 Å². The molecule has 30 heavy (non-hydrogen) atoms. The zero-order chi connectivity index (χ0) is 21.5. The van der Waals surface area contributed by atoms with Crippen LogP contribution in [0.1, 0.15) is 18.4 Å². The first-order valence-electron chi connectivity index (χ1n) is 9.11. The van der Waals surface area contributed by atoms with E-state index < -0.39 is 11.5 Å². The van der Waals surface area contributed by atoms with Crippen molar-refractivity contribution in [3.05, 3.63) is 47.0 Å². The summed E-state index contributed by atoms with van der Waals surface area (Å²) in [5, 5.41) is 4.64. The van der Waals surface area contributed by atoms with Crippen LogP contribution in [0.2, 0.25) is 5.02 Å². The molecule has 156 valence electrons. The Balaban J connectivity index is 1.65. The number of imide groups is 1. The number of rotatable bonds is 5. The minimum absolute atomic E-state index is 0.114. The smallest absolute Gasteiger partial charge is 0.281 e. The van der Waals surface area contributed by atoms with E-state index in [1.807, 2.05) is 0 Å². The Bertz CT molecular complexity index is 1050. The van der Waals surface area contributed by atoms with Crippen molar-refractivity contribution < 1.29 is 28.6 Å². The van der Waals surface area contributed by atoms with E-state index in [2.05, 4.69) is 5.16 Å². The number of anilines is 1. The third-order valence-corrected chi connectivity index (χ3v) is 5.41. The molecule has 1 fully saturated rings. The summed E-state index contributed by atoms with van der Waals surface area (Å²) in [6.45, 7) is 0. The molecule has 0 bridgehead atoms. The fraction of sp³-hybridized carbons (Fsp3) is 0.286. The van der Waals surface area contributed by atoms with E-state index >= 15 is 0 Å². The van der Waals surface area contributed by atoms with E-state index in [1.165, 1.54) is 21.3 Å². The van der Waals surface area contributed by atoms with Crippen molar-refractivity contribution in [2.45, 2.75) is 18.4 Å². The highest BCUT2D eigenvalue weighted by Crippen LogP contribution is 2.44. The topological polar surface area (TPSA) is 86.7 Å². The Hall–Kier alpha value is -3.26. The number of carbonyl (C=O) groups excluding carboxylic acids is 2. The Morgan fingerprint density at radius 1 is 0.967 bits per heavy atom. The quantitative estimate of drug-likeness (QED) is 0.677. The molecule has 0 aliphatic carbocycles.